The minimum absolute atomic E-state index is 0.0690. The average Bonchev–Trinajstić information content (AvgIpc) is 2.72. The quantitative estimate of drug-likeness (QED) is 0.548. The Kier molecular flexibility index (Phi) is 8.81. The zero-order chi connectivity index (χ0) is 22.1. The molecule has 1 aromatic carbocycles. The summed E-state index contributed by atoms with van der Waals surface area (Å²) in [7, 11) is 3.58. The lowest BCUT2D eigenvalue weighted by Crippen LogP contribution is -2.49. The van der Waals surface area contributed by atoms with Gasteiger partial charge >= 0.3 is 6.09 Å². The summed E-state index contributed by atoms with van der Waals surface area (Å²) in [4.78, 5) is 20.6. The average molecular weight is 418 g/mol. The number of guanidine groups is 1. The van der Waals surface area contributed by atoms with Crippen molar-refractivity contribution in [2.24, 2.45) is 4.99 Å². The van der Waals surface area contributed by atoms with Gasteiger partial charge in [0.05, 0.1) is 0 Å². The highest BCUT2D eigenvalue weighted by atomic mass is 16.6. The molecule has 2 rings (SSSR count). The van der Waals surface area contributed by atoms with E-state index in [2.05, 4.69) is 50.9 Å². The number of carbonyl (C=O) groups excluding carboxylic acids is 1. The molecule has 0 spiro atoms. The summed E-state index contributed by atoms with van der Waals surface area (Å²) < 4.78 is 5.44. The van der Waals surface area contributed by atoms with Crippen molar-refractivity contribution in [3.63, 3.8) is 0 Å². The Morgan fingerprint density at radius 1 is 1.27 bits per heavy atom. The second-order valence-corrected chi connectivity index (χ2v) is 8.97. The molecule has 0 saturated carbocycles. The summed E-state index contributed by atoms with van der Waals surface area (Å²) in [5, 5.41) is 6.92. The van der Waals surface area contributed by atoms with Gasteiger partial charge in [-0.2, -0.15) is 0 Å². The lowest BCUT2D eigenvalue weighted by atomic mass is 10.0. The summed E-state index contributed by atoms with van der Waals surface area (Å²) in [5.74, 6) is 0.820. The van der Waals surface area contributed by atoms with Crippen molar-refractivity contribution >= 4 is 17.7 Å². The summed E-state index contributed by atoms with van der Waals surface area (Å²) >= 11 is 0. The summed E-state index contributed by atoms with van der Waals surface area (Å²) in [6.45, 7) is 10.5. The largest absolute Gasteiger partial charge is 0.444 e. The number of aliphatic imine (C=N–C) groups is 1. The maximum atomic E-state index is 12.2. The molecule has 1 aliphatic rings. The summed E-state index contributed by atoms with van der Waals surface area (Å²) in [5.41, 5.74) is 0.812. The third-order valence-electron chi connectivity index (χ3n) is 5.38. The fraction of sp³-hybridized carbons (Fsp3) is 0.652. The number of hydrogen-bond acceptors (Lipinski definition) is 4. The van der Waals surface area contributed by atoms with Crippen LogP contribution in [0.5, 0.6) is 0 Å². The Labute approximate surface area is 181 Å². The number of piperidine rings is 1. The van der Waals surface area contributed by atoms with Crippen LogP contribution in [0.15, 0.2) is 35.3 Å². The molecule has 0 aliphatic carbocycles. The van der Waals surface area contributed by atoms with Gasteiger partial charge in [-0.05, 0) is 59.1 Å². The van der Waals surface area contributed by atoms with Gasteiger partial charge in [0.1, 0.15) is 5.60 Å². The number of benzene rings is 1. The Balaban J connectivity index is 1.70. The van der Waals surface area contributed by atoms with Crippen molar-refractivity contribution in [1.29, 1.82) is 0 Å². The first-order chi connectivity index (χ1) is 14.2. The van der Waals surface area contributed by atoms with E-state index in [1.807, 2.05) is 27.7 Å². The number of rotatable bonds is 6. The van der Waals surface area contributed by atoms with Crippen LogP contribution >= 0.6 is 0 Å². The monoisotopic (exact) mass is 417 g/mol. The van der Waals surface area contributed by atoms with E-state index < -0.39 is 5.60 Å². The summed E-state index contributed by atoms with van der Waals surface area (Å²) in [6, 6.07) is 11.1. The first-order valence-corrected chi connectivity index (χ1v) is 10.9. The van der Waals surface area contributed by atoms with Crippen LogP contribution < -0.4 is 15.5 Å². The van der Waals surface area contributed by atoms with E-state index in [1.54, 1.807) is 19.0 Å². The van der Waals surface area contributed by atoms with Crippen LogP contribution in [0.4, 0.5) is 10.5 Å². The van der Waals surface area contributed by atoms with Gasteiger partial charge in [-0.3, -0.25) is 4.99 Å². The molecule has 1 saturated heterocycles. The van der Waals surface area contributed by atoms with E-state index in [1.165, 1.54) is 5.69 Å². The molecule has 1 aliphatic heterocycles. The van der Waals surface area contributed by atoms with Crippen LogP contribution in [0, 0.1) is 0 Å². The normalized spacial score (nSPS) is 16.7. The SMILES string of the molecule is CN=C(NCCC(C)N(C)C(=O)OC(C)(C)C)NC1CCN(c2ccccc2)CC1. The minimum atomic E-state index is -0.481. The lowest BCUT2D eigenvalue weighted by Gasteiger charge is -2.34. The van der Waals surface area contributed by atoms with Gasteiger partial charge in [-0.1, -0.05) is 18.2 Å². The van der Waals surface area contributed by atoms with Crippen molar-refractivity contribution in [1.82, 2.24) is 15.5 Å². The Morgan fingerprint density at radius 3 is 2.47 bits per heavy atom. The van der Waals surface area contributed by atoms with Crippen LogP contribution in [0.3, 0.4) is 0 Å². The van der Waals surface area contributed by atoms with Crippen molar-refractivity contribution in [3.05, 3.63) is 30.3 Å². The zero-order valence-electron chi connectivity index (χ0n) is 19.4. The van der Waals surface area contributed by atoms with Crippen molar-refractivity contribution in [2.75, 3.05) is 38.6 Å². The van der Waals surface area contributed by atoms with E-state index in [9.17, 15) is 4.79 Å². The number of hydrogen-bond donors (Lipinski definition) is 2. The van der Waals surface area contributed by atoms with Gasteiger partial charge in [-0.25, -0.2) is 4.79 Å². The number of carbonyl (C=O) groups is 1. The van der Waals surface area contributed by atoms with Crippen LogP contribution in [-0.4, -0.2) is 68.4 Å². The number of nitrogens with one attached hydrogen (secondary N) is 2. The van der Waals surface area contributed by atoms with Crippen LogP contribution in [0.1, 0.15) is 47.0 Å². The predicted octanol–water partition coefficient (Wildman–Crippen LogP) is 3.47. The van der Waals surface area contributed by atoms with Crippen LogP contribution in [0.25, 0.3) is 0 Å². The Bertz CT molecular complexity index is 679. The van der Waals surface area contributed by atoms with E-state index >= 15 is 0 Å². The number of nitrogens with zero attached hydrogens (tertiary/aromatic N) is 3. The highest BCUT2D eigenvalue weighted by Crippen LogP contribution is 2.19. The molecule has 1 atom stereocenters. The van der Waals surface area contributed by atoms with Gasteiger partial charge in [0.2, 0.25) is 0 Å². The van der Waals surface area contributed by atoms with Gasteiger partial charge in [-0.15, -0.1) is 0 Å². The number of amides is 1. The second-order valence-electron chi connectivity index (χ2n) is 8.97. The molecule has 1 heterocycles. The first kappa shape index (κ1) is 23.8. The molecule has 1 amide bonds. The standard InChI is InChI=1S/C23H39N5O2/c1-18(27(6)22(29)30-23(2,3)4)12-15-25-21(24-5)26-19-13-16-28(17-14-19)20-10-8-7-9-11-20/h7-11,18-19H,12-17H2,1-6H3,(H2,24,25,26). The third kappa shape index (κ3) is 7.76. The van der Waals surface area contributed by atoms with Crippen molar-refractivity contribution in [2.45, 2.75) is 64.6 Å². The molecule has 168 valence electrons. The Morgan fingerprint density at radius 2 is 1.90 bits per heavy atom. The maximum absolute atomic E-state index is 12.2. The molecule has 2 N–H and O–H groups in total. The van der Waals surface area contributed by atoms with Gasteiger partial charge in [0.25, 0.3) is 0 Å². The first-order valence-electron chi connectivity index (χ1n) is 10.9. The lowest BCUT2D eigenvalue weighted by molar-refractivity contribution is 0.0230. The Hall–Kier alpha value is -2.44. The van der Waals surface area contributed by atoms with Gasteiger partial charge < -0.3 is 25.2 Å². The van der Waals surface area contributed by atoms with Gasteiger partial charge in [0, 0.05) is 51.5 Å². The third-order valence-corrected chi connectivity index (χ3v) is 5.38. The molecular formula is C23H39N5O2. The molecule has 1 aromatic rings. The molecule has 0 radical (unpaired) electrons. The molecule has 7 heteroatoms. The molecule has 0 aromatic heterocycles. The second kappa shape index (κ2) is 11.1. The number of anilines is 1. The van der Waals surface area contributed by atoms with Crippen molar-refractivity contribution in [3.8, 4) is 0 Å². The molecule has 30 heavy (non-hydrogen) atoms. The molecule has 0 bridgehead atoms. The fourth-order valence-corrected chi connectivity index (χ4v) is 3.42. The summed E-state index contributed by atoms with van der Waals surface area (Å²) in [6.07, 6.45) is 2.67. The molecule has 1 fully saturated rings. The van der Waals surface area contributed by atoms with Crippen molar-refractivity contribution < 1.29 is 9.53 Å². The van der Waals surface area contributed by atoms with E-state index in [0.29, 0.717) is 6.04 Å². The van der Waals surface area contributed by atoms with E-state index in [-0.39, 0.29) is 12.1 Å². The minimum Gasteiger partial charge on any atom is -0.444 e. The molecular weight excluding hydrogens is 378 g/mol. The topological polar surface area (TPSA) is 69.2 Å². The smallest absolute Gasteiger partial charge is 0.410 e. The highest BCUT2D eigenvalue weighted by Gasteiger charge is 2.23. The van der Waals surface area contributed by atoms with E-state index in [0.717, 1.165) is 44.9 Å². The predicted molar refractivity (Wildman–Crippen MR) is 124 cm³/mol. The zero-order valence-corrected chi connectivity index (χ0v) is 19.4. The van der Waals surface area contributed by atoms with Crippen LogP contribution in [0.2, 0.25) is 0 Å². The number of ether oxygens (including phenoxy) is 1. The van der Waals surface area contributed by atoms with Gasteiger partial charge in [0.15, 0.2) is 5.96 Å². The maximum Gasteiger partial charge on any atom is 0.410 e. The van der Waals surface area contributed by atoms with Crippen LogP contribution in [-0.2, 0) is 4.74 Å². The number of para-hydroxylation sites is 1. The van der Waals surface area contributed by atoms with E-state index in [4.69, 9.17) is 4.74 Å². The fourth-order valence-electron chi connectivity index (χ4n) is 3.42. The molecule has 7 nitrogen and oxygen atoms in total. The highest BCUT2D eigenvalue weighted by molar-refractivity contribution is 5.80. The molecule has 1 unspecified atom stereocenters.